The van der Waals surface area contributed by atoms with Gasteiger partial charge in [0.25, 0.3) is 0 Å². The van der Waals surface area contributed by atoms with Crippen LogP contribution in [0.15, 0.2) is 43.2 Å². The lowest BCUT2D eigenvalue weighted by molar-refractivity contribution is 0.384. The van der Waals surface area contributed by atoms with Crippen molar-refractivity contribution in [3.8, 4) is 0 Å². The summed E-state index contributed by atoms with van der Waals surface area (Å²) in [4.78, 5) is 10.5. The van der Waals surface area contributed by atoms with Gasteiger partial charge in [0.05, 0.1) is 6.33 Å². The van der Waals surface area contributed by atoms with Gasteiger partial charge in [-0.2, -0.15) is 0 Å². The summed E-state index contributed by atoms with van der Waals surface area (Å²) >= 11 is 5.67. The number of hydrogen-bond donors (Lipinski definition) is 1. The molecule has 2 heterocycles. The van der Waals surface area contributed by atoms with Crippen LogP contribution in [0.2, 0.25) is 0 Å². The Morgan fingerprint density at radius 1 is 1.08 bits per heavy atom. The Kier molecular flexibility index (Phi) is 9.72. The third-order valence-electron chi connectivity index (χ3n) is 4.37. The summed E-state index contributed by atoms with van der Waals surface area (Å²) in [5, 5.41) is 4.30. The molecular formula is C20H31N5S. The zero-order chi connectivity index (χ0) is 18.5. The first-order valence-electron chi connectivity index (χ1n) is 9.67. The van der Waals surface area contributed by atoms with Crippen molar-refractivity contribution in [1.29, 1.82) is 0 Å². The number of nitrogens with zero attached hydrogens (tertiary/aromatic N) is 4. The fourth-order valence-electron chi connectivity index (χ4n) is 2.86. The lowest BCUT2D eigenvalue weighted by Gasteiger charge is -2.26. The number of nitrogens with one attached hydrogen (secondary N) is 1. The second kappa shape index (κ2) is 12.4. The minimum Gasteiger partial charge on any atom is -0.363 e. The molecule has 26 heavy (non-hydrogen) atoms. The first-order chi connectivity index (χ1) is 12.8. The van der Waals surface area contributed by atoms with Crippen LogP contribution in [0, 0.1) is 0 Å². The van der Waals surface area contributed by atoms with Crippen molar-refractivity contribution in [2.45, 2.75) is 58.5 Å². The van der Waals surface area contributed by atoms with Gasteiger partial charge in [-0.15, -0.1) is 0 Å². The molecule has 0 aliphatic carbocycles. The van der Waals surface area contributed by atoms with Crippen LogP contribution >= 0.6 is 12.2 Å². The van der Waals surface area contributed by atoms with Gasteiger partial charge in [0.2, 0.25) is 0 Å². The lowest BCUT2D eigenvalue weighted by atomic mass is 10.1. The molecule has 6 heteroatoms. The SMILES string of the molecule is CCCCCCCNC(=S)N(CCCn1ccnc1)Cc1ccncc1. The molecule has 2 aromatic rings. The first kappa shape index (κ1) is 20.4. The van der Waals surface area contributed by atoms with Crippen molar-refractivity contribution >= 4 is 17.3 Å². The van der Waals surface area contributed by atoms with E-state index in [0.29, 0.717) is 0 Å². The molecule has 0 aliphatic rings. The fourth-order valence-corrected chi connectivity index (χ4v) is 3.12. The molecule has 0 unspecified atom stereocenters. The van der Waals surface area contributed by atoms with Gasteiger partial charge >= 0.3 is 0 Å². The summed E-state index contributed by atoms with van der Waals surface area (Å²) in [6, 6.07) is 4.10. The van der Waals surface area contributed by atoms with Gasteiger partial charge in [0, 0.05) is 51.0 Å². The molecule has 142 valence electrons. The largest absolute Gasteiger partial charge is 0.363 e. The van der Waals surface area contributed by atoms with Crippen molar-refractivity contribution in [2.75, 3.05) is 13.1 Å². The molecule has 0 bridgehead atoms. The van der Waals surface area contributed by atoms with Crippen LogP contribution in [0.25, 0.3) is 0 Å². The lowest BCUT2D eigenvalue weighted by Crippen LogP contribution is -2.40. The summed E-state index contributed by atoms with van der Waals surface area (Å²) in [6.45, 7) is 5.88. The minimum absolute atomic E-state index is 0.814. The highest BCUT2D eigenvalue weighted by Crippen LogP contribution is 2.06. The van der Waals surface area contributed by atoms with Crippen LogP contribution in [-0.4, -0.2) is 37.6 Å². The van der Waals surface area contributed by atoms with Crippen molar-refractivity contribution in [3.63, 3.8) is 0 Å². The highest BCUT2D eigenvalue weighted by Gasteiger charge is 2.10. The van der Waals surface area contributed by atoms with E-state index >= 15 is 0 Å². The summed E-state index contributed by atoms with van der Waals surface area (Å²) < 4.78 is 2.11. The molecule has 0 aliphatic heterocycles. The van der Waals surface area contributed by atoms with E-state index in [1.807, 2.05) is 31.1 Å². The standard InChI is InChI=1S/C20H31N5S/c1-2-3-4-5-6-10-23-20(26)25(17-19-8-11-21-12-9-19)15-7-14-24-16-13-22-18-24/h8-9,11-13,16,18H,2-7,10,14-15,17H2,1H3,(H,23,26). The maximum atomic E-state index is 5.67. The molecule has 0 saturated carbocycles. The first-order valence-corrected chi connectivity index (χ1v) is 10.1. The molecule has 2 aromatic heterocycles. The Labute approximate surface area is 162 Å². The highest BCUT2D eigenvalue weighted by molar-refractivity contribution is 7.80. The molecule has 2 rings (SSSR count). The third-order valence-corrected chi connectivity index (χ3v) is 4.77. The number of hydrogen-bond acceptors (Lipinski definition) is 3. The van der Waals surface area contributed by atoms with E-state index in [1.165, 1.54) is 37.7 Å². The summed E-state index contributed by atoms with van der Waals surface area (Å²) in [6.07, 6.45) is 16.8. The average Bonchev–Trinajstić information content (AvgIpc) is 3.18. The topological polar surface area (TPSA) is 46.0 Å². The molecule has 0 aromatic carbocycles. The predicted molar refractivity (Wildman–Crippen MR) is 111 cm³/mol. The van der Waals surface area contributed by atoms with Crippen molar-refractivity contribution < 1.29 is 0 Å². The fraction of sp³-hybridized carbons (Fsp3) is 0.550. The molecule has 0 radical (unpaired) electrons. The number of aromatic nitrogens is 3. The Hall–Kier alpha value is -1.95. The number of thiocarbonyl (C=S) groups is 1. The van der Waals surface area contributed by atoms with Crippen LogP contribution in [0.1, 0.15) is 51.0 Å². The van der Waals surface area contributed by atoms with E-state index in [-0.39, 0.29) is 0 Å². The third kappa shape index (κ3) is 7.95. The molecule has 0 saturated heterocycles. The summed E-state index contributed by atoms with van der Waals surface area (Å²) in [7, 11) is 0. The zero-order valence-electron chi connectivity index (χ0n) is 15.8. The molecule has 0 spiro atoms. The maximum absolute atomic E-state index is 5.67. The van der Waals surface area contributed by atoms with Crippen LogP contribution in [0.5, 0.6) is 0 Å². The van der Waals surface area contributed by atoms with Crippen molar-refractivity contribution in [1.82, 2.24) is 24.8 Å². The number of pyridine rings is 1. The van der Waals surface area contributed by atoms with Gasteiger partial charge in [-0.3, -0.25) is 4.98 Å². The maximum Gasteiger partial charge on any atom is 0.169 e. The predicted octanol–water partition coefficient (Wildman–Crippen LogP) is 4.02. The van der Waals surface area contributed by atoms with E-state index in [4.69, 9.17) is 12.2 Å². The van der Waals surface area contributed by atoms with Crippen LogP contribution in [-0.2, 0) is 13.1 Å². The summed E-state index contributed by atoms with van der Waals surface area (Å²) in [5.41, 5.74) is 1.23. The normalized spacial score (nSPS) is 10.7. The van der Waals surface area contributed by atoms with Crippen LogP contribution in [0.3, 0.4) is 0 Å². The van der Waals surface area contributed by atoms with Gasteiger partial charge in [0.15, 0.2) is 5.11 Å². The van der Waals surface area contributed by atoms with Gasteiger partial charge in [-0.25, -0.2) is 4.98 Å². The van der Waals surface area contributed by atoms with Gasteiger partial charge < -0.3 is 14.8 Å². The van der Waals surface area contributed by atoms with E-state index in [2.05, 4.69) is 43.8 Å². The quantitative estimate of drug-likeness (QED) is 0.450. The molecule has 1 N–H and O–H groups in total. The number of imidazole rings is 1. The van der Waals surface area contributed by atoms with Crippen LogP contribution in [0.4, 0.5) is 0 Å². The molecular weight excluding hydrogens is 342 g/mol. The highest BCUT2D eigenvalue weighted by atomic mass is 32.1. The van der Waals surface area contributed by atoms with Crippen molar-refractivity contribution in [3.05, 3.63) is 48.8 Å². The van der Waals surface area contributed by atoms with Gasteiger partial charge in [-0.05, 0) is 42.8 Å². The average molecular weight is 374 g/mol. The van der Waals surface area contributed by atoms with E-state index < -0.39 is 0 Å². The molecule has 5 nitrogen and oxygen atoms in total. The molecule has 0 atom stereocenters. The van der Waals surface area contributed by atoms with Gasteiger partial charge in [-0.1, -0.05) is 32.6 Å². The Morgan fingerprint density at radius 3 is 2.62 bits per heavy atom. The van der Waals surface area contributed by atoms with E-state index in [9.17, 15) is 0 Å². The minimum atomic E-state index is 0.814. The second-order valence-corrected chi connectivity index (χ2v) is 6.96. The monoisotopic (exact) mass is 373 g/mol. The molecule has 0 fully saturated rings. The number of unbranched alkanes of at least 4 members (excludes halogenated alkanes) is 4. The van der Waals surface area contributed by atoms with Crippen LogP contribution < -0.4 is 5.32 Å². The Balaban J connectivity index is 1.79. The Morgan fingerprint density at radius 2 is 1.88 bits per heavy atom. The van der Waals surface area contributed by atoms with Crippen molar-refractivity contribution in [2.24, 2.45) is 0 Å². The summed E-state index contributed by atoms with van der Waals surface area (Å²) in [5.74, 6) is 0. The molecule has 0 amide bonds. The smallest absolute Gasteiger partial charge is 0.169 e. The van der Waals surface area contributed by atoms with E-state index in [1.54, 1.807) is 0 Å². The number of rotatable bonds is 12. The second-order valence-electron chi connectivity index (χ2n) is 6.58. The van der Waals surface area contributed by atoms with Gasteiger partial charge in [0.1, 0.15) is 0 Å². The zero-order valence-corrected chi connectivity index (χ0v) is 16.6. The number of aryl methyl sites for hydroxylation is 1. The van der Waals surface area contributed by atoms with E-state index in [0.717, 1.165) is 37.7 Å². The Bertz CT molecular complexity index is 600.